The molecule has 0 aliphatic rings. The molecule has 100 valence electrons. The Balaban J connectivity index is 2.46. The Labute approximate surface area is 113 Å². The van der Waals surface area contributed by atoms with Crippen LogP contribution in [0.5, 0.6) is 0 Å². The lowest BCUT2D eigenvalue weighted by molar-refractivity contribution is -0.155. The summed E-state index contributed by atoms with van der Waals surface area (Å²) in [6.45, 7) is 5.55. The third-order valence-electron chi connectivity index (χ3n) is 2.36. The van der Waals surface area contributed by atoms with Crippen LogP contribution in [0.15, 0.2) is 24.3 Å². The van der Waals surface area contributed by atoms with Crippen molar-refractivity contribution in [2.24, 2.45) is 5.73 Å². The molecule has 1 unspecified atom stereocenters. The predicted octanol–water partition coefficient (Wildman–Crippen LogP) is 3.46. The summed E-state index contributed by atoms with van der Waals surface area (Å²) < 4.78 is 5.23. The largest absolute Gasteiger partial charge is 0.460 e. The normalized spacial score (nSPS) is 13.2. The molecule has 0 aromatic heterocycles. The molecule has 0 bridgehead atoms. The van der Waals surface area contributed by atoms with Gasteiger partial charge in [-0.3, -0.25) is 4.79 Å². The third kappa shape index (κ3) is 5.52. The van der Waals surface area contributed by atoms with Crippen LogP contribution in [0, 0.1) is 0 Å². The number of hydrogen-bond donors (Lipinski definition) is 1. The highest BCUT2D eigenvalue weighted by Crippen LogP contribution is 2.20. The van der Waals surface area contributed by atoms with Gasteiger partial charge in [-0.2, -0.15) is 0 Å². The smallest absolute Gasteiger partial charge is 0.306 e. The maximum atomic E-state index is 11.6. The summed E-state index contributed by atoms with van der Waals surface area (Å²) in [5.41, 5.74) is 6.50. The van der Waals surface area contributed by atoms with Crippen molar-refractivity contribution < 1.29 is 9.53 Å². The first-order chi connectivity index (χ1) is 8.28. The topological polar surface area (TPSA) is 52.3 Å². The lowest BCUT2D eigenvalue weighted by atomic mass is 10.0. The Morgan fingerprint density at radius 3 is 2.67 bits per heavy atom. The molecular formula is C14H20ClNO2. The van der Waals surface area contributed by atoms with Crippen LogP contribution in [0.25, 0.3) is 0 Å². The summed E-state index contributed by atoms with van der Waals surface area (Å²) >= 11 is 5.89. The molecule has 2 N–H and O–H groups in total. The number of esters is 1. The first-order valence-corrected chi connectivity index (χ1v) is 6.38. The second kappa shape index (κ2) is 6.21. The minimum atomic E-state index is -0.447. The lowest BCUT2D eigenvalue weighted by Crippen LogP contribution is -2.24. The third-order valence-corrected chi connectivity index (χ3v) is 2.59. The second-order valence-corrected chi connectivity index (χ2v) is 5.72. The van der Waals surface area contributed by atoms with Crippen molar-refractivity contribution >= 4 is 17.6 Å². The lowest BCUT2D eigenvalue weighted by Gasteiger charge is -2.20. The molecule has 1 rings (SSSR count). The summed E-state index contributed by atoms with van der Waals surface area (Å²) in [7, 11) is 0. The molecule has 0 heterocycles. The number of benzene rings is 1. The highest BCUT2D eigenvalue weighted by molar-refractivity contribution is 6.30. The molecular weight excluding hydrogens is 250 g/mol. The molecule has 3 nitrogen and oxygen atoms in total. The van der Waals surface area contributed by atoms with Crippen LogP contribution in [-0.2, 0) is 9.53 Å². The van der Waals surface area contributed by atoms with E-state index in [4.69, 9.17) is 22.1 Å². The number of ether oxygens (including phenoxy) is 1. The molecule has 0 saturated heterocycles. The van der Waals surface area contributed by atoms with Gasteiger partial charge in [0.2, 0.25) is 0 Å². The first kappa shape index (κ1) is 15.0. The summed E-state index contributed by atoms with van der Waals surface area (Å²) in [5, 5.41) is 0.653. The van der Waals surface area contributed by atoms with Gasteiger partial charge < -0.3 is 10.5 Å². The minimum absolute atomic E-state index is 0.198. The fourth-order valence-electron chi connectivity index (χ4n) is 1.57. The highest BCUT2D eigenvalue weighted by Gasteiger charge is 2.17. The Morgan fingerprint density at radius 1 is 1.44 bits per heavy atom. The molecule has 0 radical (unpaired) electrons. The predicted molar refractivity (Wildman–Crippen MR) is 73.5 cm³/mol. The number of rotatable bonds is 4. The maximum Gasteiger partial charge on any atom is 0.306 e. The van der Waals surface area contributed by atoms with E-state index in [1.165, 1.54) is 0 Å². The molecule has 18 heavy (non-hydrogen) atoms. The molecule has 1 aromatic carbocycles. The van der Waals surface area contributed by atoms with Gasteiger partial charge in [-0.1, -0.05) is 23.7 Å². The van der Waals surface area contributed by atoms with Crippen molar-refractivity contribution in [1.29, 1.82) is 0 Å². The van der Waals surface area contributed by atoms with E-state index in [0.29, 0.717) is 17.9 Å². The zero-order valence-corrected chi connectivity index (χ0v) is 11.8. The van der Waals surface area contributed by atoms with Gasteiger partial charge in [0.1, 0.15) is 5.60 Å². The van der Waals surface area contributed by atoms with Gasteiger partial charge in [-0.25, -0.2) is 0 Å². The van der Waals surface area contributed by atoms with E-state index < -0.39 is 5.60 Å². The van der Waals surface area contributed by atoms with E-state index in [0.717, 1.165) is 5.56 Å². The summed E-state index contributed by atoms with van der Waals surface area (Å²) in [6.07, 6.45) is 0.861. The average Bonchev–Trinajstić information content (AvgIpc) is 2.23. The highest BCUT2D eigenvalue weighted by atomic mass is 35.5. The summed E-state index contributed by atoms with van der Waals surface area (Å²) in [5.74, 6) is -0.222. The van der Waals surface area contributed by atoms with Gasteiger partial charge in [-0.15, -0.1) is 0 Å². The number of nitrogens with two attached hydrogens (primary N) is 1. The summed E-state index contributed by atoms with van der Waals surface area (Å²) in [6, 6.07) is 7.18. The molecule has 4 heteroatoms. The molecule has 0 spiro atoms. The van der Waals surface area contributed by atoms with Crippen LogP contribution in [0.1, 0.15) is 45.2 Å². The van der Waals surface area contributed by atoms with Crippen molar-refractivity contribution in [3.63, 3.8) is 0 Å². The van der Waals surface area contributed by atoms with E-state index >= 15 is 0 Å². The molecule has 0 aliphatic heterocycles. The van der Waals surface area contributed by atoms with Crippen LogP contribution in [-0.4, -0.2) is 11.6 Å². The zero-order chi connectivity index (χ0) is 13.8. The van der Waals surface area contributed by atoms with Crippen molar-refractivity contribution in [2.75, 3.05) is 0 Å². The van der Waals surface area contributed by atoms with Crippen molar-refractivity contribution in [3.8, 4) is 0 Å². The zero-order valence-electron chi connectivity index (χ0n) is 11.1. The minimum Gasteiger partial charge on any atom is -0.460 e. The fraction of sp³-hybridized carbons (Fsp3) is 0.500. The van der Waals surface area contributed by atoms with E-state index in [1.54, 1.807) is 6.07 Å². The number of carbonyl (C=O) groups excluding carboxylic acids is 1. The molecule has 0 amide bonds. The van der Waals surface area contributed by atoms with Crippen LogP contribution in [0.4, 0.5) is 0 Å². The number of carbonyl (C=O) groups is 1. The van der Waals surface area contributed by atoms with Crippen molar-refractivity contribution in [1.82, 2.24) is 0 Å². The standard InChI is InChI=1S/C14H20ClNO2/c1-14(2,3)18-13(17)8-7-12(16)10-5-4-6-11(15)9-10/h4-6,9,12H,7-8,16H2,1-3H3. The quantitative estimate of drug-likeness (QED) is 0.852. The van der Waals surface area contributed by atoms with Crippen LogP contribution in [0.2, 0.25) is 5.02 Å². The van der Waals surface area contributed by atoms with Crippen molar-refractivity contribution in [3.05, 3.63) is 34.9 Å². The average molecular weight is 270 g/mol. The molecule has 1 aromatic rings. The van der Waals surface area contributed by atoms with Gasteiger partial charge in [0.15, 0.2) is 0 Å². The SMILES string of the molecule is CC(C)(C)OC(=O)CCC(N)c1cccc(Cl)c1. The van der Waals surface area contributed by atoms with E-state index in [-0.39, 0.29) is 12.0 Å². The Bertz CT molecular complexity index is 413. The van der Waals surface area contributed by atoms with Gasteiger partial charge in [0.25, 0.3) is 0 Å². The Morgan fingerprint density at radius 2 is 2.11 bits per heavy atom. The summed E-state index contributed by atoms with van der Waals surface area (Å²) in [4.78, 5) is 11.6. The van der Waals surface area contributed by atoms with Gasteiger partial charge >= 0.3 is 5.97 Å². The van der Waals surface area contributed by atoms with Gasteiger partial charge in [-0.05, 0) is 44.9 Å². The second-order valence-electron chi connectivity index (χ2n) is 5.29. The maximum absolute atomic E-state index is 11.6. The van der Waals surface area contributed by atoms with E-state index in [9.17, 15) is 4.79 Å². The van der Waals surface area contributed by atoms with E-state index in [1.807, 2.05) is 39.0 Å². The number of hydrogen-bond acceptors (Lipinski definition) is 3. The monoisotopic (exact) mass is 269 g/mol. The van der Waals surface area contributed by atoms with Crippen LogP contribution < -0.4 is 5.73 Å². The van der Waals surface area contributed by atoms with Gasteiger partial charge in [0, 0.05) is 17.5 Å². The van der Waals surface area contributed by atoms with Crippen LogP contribution >= 0.6 is 11.6 Å². The molecule has 0 fully saturated rings. The van der Waals surface area contributed by atoms with Crippen LogP contribution in [0.3, 0.4) is 0 Å². The molecule has 0 aliphatic carbocycles. The number of halogens is 1. The molecule has 0 saturated carbocycles. The van der Waals surface area contributed by atoms with Crippen molar-refractivity contribution in [2.45, 2.75) is 45.3 Å². The molecule has 1 atom stereocenters. The fourth-order valence-corrected chi connectivity index (χ4v) is 1.77. The first-order valence-electron chi connectivity index (χ1n) is 6.01. The Kier molecular flexibility index (Phi) is 5.17. The van der Waals surface area contributed by atoms with Gasteiger partial charge in [0.05, 0.1) is 0 Å². The van der Waals surface area contributed by atoms with E-state index in [2.05, 4.69) is 0 Å². The Hall–Kier alpha value is -1.06.